The lowest BCUT2D eigenvalue weighted by atomic mass is 10.0. The van der Waals surface area contributed by atoms with E-state index in [-0.39, 0.29) is 11.6 Å². The Bertz CT molecular complexity index is 634. The number of carbonyl (C=O) groups is 2. The first-order valence-corrected chi connectivity index (χ1v) is 8.22. The zero-order valence-electron chi connectivity index (χ0n) is 14.7. The highest BCUT2D eigenvalue weighted by Gasteiger charge is 2.34. The van der Waals surface area contributed by atoms with Gasteiger partial charge in [-0.15, -0.1) is 0 Å². The molecule has 0 spiro atoms. The third-order valence-electron chi connectivity index (χ3n) is 3.68. The molecule has 1 fully saturated rings. The zero-order chi connectivity index (χ0) is 18.4. The van der Waals surface area contributed by atoms with Crippen LogP contribution in [0, 0.1) is 0 Å². The van der Waals surface area contributed by atoms with Crippen LogP contribution in [0.15, 0.2) is 29.7 Å². The first kappa shape index (κ1) is 18.7. The molecule has 0 saturated carbocycles. The van der Waals surface area contributed by atoms with E-state index in [0.29, 0.717) is 18.7 Å². The van der Waals surface area contributed by atoms with E-state index in [1.807, 2.05) is 0 Å². The van der Waals surface area contributed by atoms with Crippen molar-refractivity contribution in [3.8, 4) is 0 Å². The van der Waals surface area contributed by atoms with Crippen LogP contribution in [-0.4, -0.2) is 57.5 Å². The summed E-state index contributed by atoms with van der Waals surface area (Å²) in [5, 5.41) is 15.3. The van der Waals surface area contributed by atoms with Gasteiger partial charge in [-0.3, -0.25) is 9.78 Å². The summed E-state index contributed by atoms with van der Waals surface area (Å²) in [7, 11) is 0. The van der Waals surface area contributed by atoms with Gasteiger partial charge < -0.3 is 20.2 Å². The lowest BCUT2D eigenvalue weighted by Crippen LogP contribution is -2.53. The first-order valence-electron chi connectivity index (χ1n) is 8.22. The Labute approximate surface area is 146 Å². The number of alkyl carbamates (subject to hydrolysis) is 1. The van der Waals surface area contributed by atoms with Crippen molar-refractivity contribution in [1.82, 2.24) is 15.2 Å². The second-order valence-corrected chi connectivity index (χ2v) is 6.83. The smallest absolute Gasteiger partial charge is 0.408 e. The molecule has 1 saturated heterocycles. The summed E-state index contributed by atoms with van der Waals surface area (Å²) < 4.78 is 5.24. The topological polar surface area (TPSA) is 104 Å². The van der Waals surface area contributed by atoms with E-state index in [1.165, 1.54) is 12.4 Å². The van der Waals surface area contributed by atoms with Crippen LogP contribution in [0.3, 0.4) is 0 Å². The SMILES string of the molecule is CC(C)(C)OC(=O)NC(C(=O)N1CCCC1)/C(=N\O)c1ccncc1. The van der Waals surface area contributed by atoms with Crippen LogP contribution >= 0.6 is 0 Å². The average Bonchev–Trinajstić information content (AvgIpc) is 3.07. The summed E-state index contributed by atoms with van der Waals surface area (Å²) in [4.78, 5) is 30.6. The van der Waals surface area contributed by atoms with Crippen LogP contribution < -0.4 is 5.32 Å². The summed E-state index contributed by atoms with van der Waals surface area (Å²) in [5.41, 5.74) is -0.172. The fourth-order valence-electron chi connectivity index (χ4n) is 2.60. The van der Waals surface area contributed by atoms with Crippen LogP contribution in [-0.2, 0) is 9.53 Å². The van der Waals surface area contributed by atoms with Crippen molar-refractivity contribution in [3.63, 3.8) is 0 Å². The molecule has 1 aliphatic rings. The van der Waals surface area contributed by atoms with Crippen molar-refractivity contribution in [2.75, 3.05) is 13.1 Å². The lowest BCUT2D eigenvalue weighted by Gasteiger charge is -2.26. The number of hydrogen-bond donors (Lipinski definition) is 2. The highest BCUT2D eigenvalue weighted by atomic mass is 16.6. The van der Waals surface area contributed by atoms with Gasteiger partial charge in [-0.2, -0.15) is 0 Å². The molecule has 1 aromatic rings. The number of likely N-dealkylation sites (tertiary alicyclic amines) is 1. The third-order valence-corrected chi connectivity index (χ3v) is 3.68. The van der Waals surface area contributed by atoms with E-state index < -0.39 is 17.7 Å². The number of rotatable bonds is 4. The number of nitrogens with one attached hydrogen (secondary N) is 1. The summed E-state index contributed by atoms with van der Waals surface area (Å²) in [6.07, 6.45) is 4.11. The monoisotopic (exact) mass is 348 g/mol. The molecule has 8 heteroatoms. The predicted octanol–water partition coefficient (Wildman–Crippen LogP) is 1.78. The van der Waals surface area contributed by atoms with Crippen molar-refractivity contribution in [3.05, 3.63) is 30.1 Å². The normalized spacial score (nSPS) is 16.4. The molecular weight excluding hydrogens is 324 g/mol. The van der Waals surface area contributed by atoms with E-state index in [0.717, 1.165) is 12.8 Å². The molecule has 25 heavy (non-hydrogen) atoms. The van der Waals surface area contributed by atoms with Crippen LogP contribution in [0.25, 0.3) is 0 Å². The Morgan fingerprint density at radius 3 is 2.40 bits per heavy atom. The molecule has 1 aromatic heterocycles. The highest BCUT2D eigenvalue weighted by Crippen LogP contribution is 2.14. The molecule has 1 aliphatic heterocycles. The Kier molecular flexibility index (Phi) is 5.95. The quantitative estimate of drug-likeness (QED) is 0.490. The first-order chi connectivity index (χ1) is 11.8. The van der Waals surface area contributed by atoms with Crippen molar-refractivity contribution in [2.45, 2.75) is 45.3 Å². The van der Waals surface area contributed by atoms with E-state index in [9.17, 15) is 14.8 Å². The molecule has 136 valence electrons. The maximum Gasteiger partial charge on any atom is 0.408 e. The second kappa shape index (κ2) is 7.96. The number of nitrogens with zero attached hydrogens (tertiary/aromatic N) is 3. The lowest BCUT2D eigenvalue weighted by molar-refractivity contribution is -0.130. The van der Waals surface area contributed by atoms with Crippen LogP contribution in [0.2, 0.25) is 0 Å². The van der Waals surface area contributed by atoms with Crippen molar-refractivity contribution >= 4 is 17.7 Å². The van der Waals surface area contributed by atoms with Crippen molar-refractivity contribution in [1.29, 1.82) is 0 Å². The number of carbonyl (C=O) groups excluding carboxylic acids is 2. The minimum absolute atomic E-state index is 0.0464. The fourth-order valence-corrected chi connectivity index (χ4v) is 2.60. The summed E-state index contributed by atoms with van der Waals surface area (Å²) in [5.74, 6) is -0.326. The van der Waals surface area contributed by atoms with Gasteiger partial charge in [-0.05, 0) is 45.7 Å². The molecule has 1 unspecified atom stereocenters. The molecule has 0 bridgehead atoms. The van der Waals surface area contributed by atoms with Gasteiger partial charge in [-0.1, -0.05) is 5.16 Å². The Hall–Kier alpha value is -2.64. The van der Waals surface area contributed by atoms with E-state index in [2.05, 4.69) is 15.5 Å². The van der Waals surface area contributed by atoms with Gasteiger partial charge in [0.15, 0.2) is 6.04 Å². The fraction of sp³-hybridized carbons (Fsp3) is 0.529. The molecule has 0 aromatic carbocycles. The molecule has 1 atom stereocenters. The zero-order valence-corrected chi connectivity index (χ0v) is 14.7. The number of oxime groups is 1. The Morgan fingerprint density at radius 1 is 1.28 bits per heavy atom. The second-order valence-electron chi connectivity index (χ2n) is 6.83. The van der Waals surface area contributed by atoms with Crippen molar-refractivity contribution < 1.29 is 19.5 Å². The number of ether oxygens (including phenoxy) is 1. The van der Waals surface area contributed by atoms with E-state index >= 15 is 0 Å². The third kappa shape index (κ3) is 5.17. The molecular formula is C17H24N4O4. The molecule has 0 radical (unpaired) electrons. The molecule has 2 amide bonds. The van der Waals surface area contributed by atoms with Gasteiger partial charge in [0, 0.05) is 31.0 Å². The maximum atomic E-state index is 12.9. The number of aromatic nitrogens is 1. The molecule has 2 heterocycles. The van der Waals surface area contributed by atoms with Crippen LogP contribution in [0.1, 0.15) is 39.2 Å². The van der Waals surface area contributed by atoms with Gasteiger partial charge in [0.05, 0.1) is 0 Å². The molecule has 2 N–H and O–H groups in total. The van der Waals surface area contributed by atoms with Gasteiger partial charge in [0.2, 0.25) is 0 Å². The van der Waals surface area contributed by atoms with Gasteiger partial charge >= 0.3 is 6.09 Å². The van der Waals surface area contributed by atoms with Gasteiger partial charge in [-0.25, -0.2) is 4.79 Å². The summed E-state index contributed by atoms with van der Waals surface area (Å²) >= 11 is 0. The Morgan fingerprint density at radius 2 is 1.88 bits per heavy atom. The standard InChI is InChI=1S/C17H24N4O4/c1-17(2,3)25-16(23)19-14(15(22)21-10-4-5-11-21)13(20-24)12-6-8-18-9-7-12/h6-9,14,24H,4-5,10-11H2,1-3H3,(H,19,23)/b20-13-. The van der Waals surface area contributed by atoms with Crippen LogP contribution in [0.4, 0.5) is 4.79 Å². The largest absolute Gasteiger partial charge is 0.444 e. The number of pyridine rings is 1. The highest BCUT2D eigenvalue weighted by molar-refractivity contribution is 6.17. The average molecular weight is 348 g/mol. The maximum absolute atomic E-state index is 12.9. The van der Waals surface area contributed by atoms with Gasteiger partial charge in [0.25, 0.3) is 5.91 Å². The molecule has 8 nitrogen and oxygen atoms in total. The minimum atomic E-state index is -1.14. The number of amides is 2. The van der Waals surface area contributed by atoms with Crippen LogP contribution in [0.5, 0.6) is 0 Å². The number of hydrogen-bond acceptors (Lipinski definition) is 6. The Balaban J connectivity index is 2.27. The molecule has 0 aliphatic carbocycles. The van der Waals surface area contributed by atoms with Gasteiger partial charge in [0.1, 0.15) is 11.3 Å². The summed E-state index contributed by atoms with van der Waals surface area (Å²) in [6.45, 7) is 6.41. The van der Waals surface area contributed by atoms with Crippen molar-refractivity contribution in [2.24, 2.45) is 5.16 Å². The predicted molar refractivity (Wildman–Crippen MR) is 91.5 cm³/mol. The summed E-state index contributed by atoms with van der Waals surface area (Å²) in [6, 6.07) is 2.08. The van der Waals surface area contributed by atoms with E-state index in [1.54, 1.807) is 37.8 Å². The minimum Gasteiger partial charge on any atom is -0.444 e. The van der Waals surface area contributed by atoms with E-state index in [4.69, 9.17) is 4.74 Å². The molecule has 2 rings (SSSR count).